The van der Waals surface area contributed by atoms with E-state index in [1.54, 1.807) is 5.51 Å². The van der Waals surface area contributed by atoms with Gasteiger partial charge in [-0.3, -0.25) is 15.1 Å². The van der Waals surface area contributed by atoms with Crippen LogP contribution in [0.1, 0.15) is 40.0 Å². The summed E-state index contributed by atoms with van der Waals surface area (Å²) in [5, 5.41) is 12.0. The molecule has 0 unspecified atom stereocenters. The lowest BCUT2D eigenvalue weighted by atomic mass is 9.89. The highest BCUT2D eigenvalue weighted by Gasteiger charge is 2.23. The fraction of sp³-hybridized carbons (Fsp3) is 0.294. The first kappa shape index (κ1) is 14.3. The van der Waals surface area contributed by atoms with Crippen molar-refractivity contribution in [1.29, 1.82) is 0 Å². The number of benzene rings is 1. The van der Waals surface area contributed by atoms with E-state index < -0.39 is 0 Å². The Kier molecular flexibility index (Phi) is 3.53. The lowest BCUT2D eigenvalue weighted by Crippen LogP contribution is -2.19. The van der Waals surface area contributed by atoms with Gasteiger partial charge in [0, 0.05) is 11.1 Å². The molecule has 23 heavy (non-hydrogen) atoms. The second kappa shape index (κ2) is 5.70. The number of hydrogen-bond donors (Lipinski definition) is 1. The van der Waals surface area contributed by atoms with Gasteiger partial charge in [0.15, 0.2) is 0 Å². The van der Waals surface area contributed by atoms with Gasteiger partial charge in [-0.15, -0.1) is 10.2 Å². The van der Waals surface area contributed by atoms with Gasteiger partial charge in [-0.2, -0.15) is 0 Å². The molecular weight excluding hydrogens is 308 g/mol. The molecule has 6 heteroatoms. The zero-order valence-electron chi connectivity index (χ0n) is 12.8. The highest BCUT2D eigenvalue weighted by molar-refractivity contribution is 7.13. The van der Waals surface area contributed by atoms with Crippen LogP contribution in [-0.2, 0) is 12.8 Å². The van der Waals surface area contributed by atoms with Gasteiger partial charge in [0.1, 0.15) is 5.51 Å². The number of carbonyl (C=O) groups is 1. The minimum absolute atomic E-state index is 0.113. The first-order valence-corrected chi connectivity index (χ1v) is 8.60. The second-order valence-corrected chi connectivity index (χ2v) is 6.67. The molecule has 0 aliphatic heterocycles. The Morgan fingerprint density at radius 1 is 1.26 bits per heavy atom. The van der Waals surface area contributed by atoms with Crippen LogP contribution in [0.25, 0.3) is 10.9 Å². The molecule has 1 amide bonds. The van der Waals surface area contributed by atoms with Crippen LogP contribution in [0.3, 0.4) is 0 Å². The molecule has 2 aromatic heterocycles. The summed E-state index contributed by atoms with van der Waals surface area (Å²) in [6, 6.07) is 6.09. The molecule has 116 valence electrons. The van der Waals surface area contributed by atoms with Crippen LogP contribution >= 0.6 is 11.3 Å². The van der Waals surface area contributed by atoms with E-state index in [0.717, 1.165) is 59.0 Å². The van der Waals surface area contributed by atoms with Crippen LogP contribution in [0, 0.1) is 6.92 Å². The molecular formula is C17H16N4OS. The quantitative estimate of drug-likeness (QED) is 0.783. The lowest BCUT2D eigenvalue weighted by Gasteiger charge is -2.20. The first-order valence-electron chi connectivity index (χ1n) is 7.72. The average molecular weight is 324 g/mol. The Morgan fingerprint density at radius 2 is 2.13 bits per heavy atom. The fourth-order valence-corrected chi connectivity index (χ4v) is 3.62. The zero-order chi connectivity index (χ0) is 15.8. The third-order valence-corrected chi connectivity index (χ3v) is 4.83. The molecule has 0 saturated heterocycles. The predicted octanol–water partition coefficient (Wildman–Crippen LogP) is 3.53. The van der Waals surface area contributed by atoms with Crippen LogP contribution in [0.15, 0.2) is 23.7 Å². The van der Waals surface area contributed by atoms with Crippen molar-refractivity contribution in [2.75, 3.05) is 5.32 Å². The van der Waals surface area contributed by atoms with Crippen molar-refractivity contribution < 1.29 is 4.79 Å². The molecule has 0 bridgehead atoms. The van der Waals surface area contributed by atoms with Crippen LogP contribution in [-0.4, -0.2) is 21.1 Å². The van der Waals surface area contributed by atoms with E-state index in [4.69, 9.17) is 4.98 Å². The molecule has 5 nitrogen and oxygen atoms in total. The Hall–Kier alpha value is -2.34. The van der Waals surface area contributed by atoms with E-state index in [1.165, 1.54) is 11.3 Å². The van der Waals surface area contributed by atoms with Crippen molar-refractivity contribution in [1.82, 2.24) is 15.2 Å². The van der Waals surface area contributed by atoms with Crippen LogP contribution in [0.2, 0.25) is 0 Å². The Bertz CT molecular complexity index is 889. The van der Waals surface area contributed by atoms with Gasteiger partial charge in [-0.25, -0.2) is 0 Å². The molecule has 4 rings (SSSR count). The molecule has 1 N–H and O–H groups in total. The summed E-state index contributed by atoms with van der Waals surface area (Å²) in [4.78, 5) is 17.7. The van der Waals surface area contributed by atoms with Gasteiger partial charge >= 0.3 is 0 Å². The van der Waals surface area contributed by atoms with Crippen molar-refractivity contribution >= 4 is 33.3 Å². The monoisotopic (exact) mass is 324 g/mol. The van der Waals surface area contributed by atoms with Crippen molar-refractivity contribution in [2.45, 2.75) is 32.6 Å². The molecule has 0 fully saturated rings. The molecule has 0 saturated carbocycles. The maximum Gasteiger partial charge on any atom is 0.258 e. The number of aromatic nitrogens is 3. The SMILES string of the molecule is Cc1ccc2nc3c(c(C(=O)Nc4nncs4)c2c1)CCCC3. The summed E-state index contributed by atoms with van der Waals surface area (Å²) in [5.74, 6) is -0.113. The summed E-state index contributed by atoms with van der Waals surface area (Å²) in [6.45, 7) is 2.03. The van der Waals surface area contributed by atoms with Crippen molar-refractivity contribution in [3.63, 3.8) is 0 Å². The minimum Gasteiger partial charge on any atom is -0.296 e. The normalized spacial score (nSPS) is 13.8. The Morgan fingerprint density at radius 3 is 2.96 bits per heavy atom. The van der Waals surface area contributed by atoms with Crippen molar-refractivity contribution in [3.8, 4) is 0 Å². The highest BCUT2D eigenvalue weighted by atomic mass is 32.1. The van der Waals surface area contributed by atoms with E-state index in [9.17, 15) is 4.79 Å². The first-order chi connectivity index (χ1) is 11.2. The third-order valence-electron chi connectivity index (χ3n) is 4.22. The molecule has 1 aliphatic rings. The number of fused-ring (bicyclic) bond motifs is 2. The van der Waals surface area contributed by atoms with E-state index in [-0.39, 0.29) is 5.91 Å². The van der Waals surface area contributed by atoms with Gasteiger partial charge in [-0.05, 0) is 50.3 Å². The predicted molar refractivity (Wildman–Crippen MR) is 91.0 cm³/mol. The van der Waals surface area contributed by atoms with Crippen LogP contribution < -0.4 is 5.32 Å². The smallest absolute Gasteiger partial charge is 0.258 e. The number of nitrogens with zero attached hydrogens (tertiary/aromatic N) is 3. The van der Waals surface area contributed by atoms with E-state index in [0.29, 0.717) is 5.13 Å². The number of rotatable bonds is 2. The molecule has 3 aromatic rings. The van der Waals surface area contributed by atoms with Crippen LogP contribution in [0.4, 0.5) is 5.13 Å². The Balaban J connectivity index is 1.91. The minimum atomic E-state index is -0.113. The molecule has 0 spiro atoms. The zero-order valence-corrected chi connectivity index (χ0v) is 13.6. The highest BCUT2D eigenvalue weighted by Crippen LogP contribution is 2.30. The molecule has 1 aliphatic carbocycles. The van der Waals surface area contributed by atoms with Gasteiger partial charge in [0.05, 0.1) is 11.1 Å². The third kappa shape index (κ3) is 2.59. The molecule has 0 radical (unpaired) electrons. The van der Waals surface area contributed by atoms with Gasteiger partial charge in [-0.1, -0.05) is 23.0 Å². The maximum atomic E-state index is 12.9. The lowest BCUT2D eigenvalue weighted by molar-refractivity contribution is 0.102. The molecule has 2 heterocycles. The van der Waals surface area contributed by atoms with Gasteiger partial charge < -0.3 is 0 Å². The van der Waals surface area contributed by atoms with Crippen molar-refractivity contribution in [3.05, 3.63) is 46.1 Å². The number of hydrogen-bond acceptors (Lipinski definition) is 5. The summed E-state index contributed by atoms with van der Waals surface area (Å²) in [6.07, 6.45) is 4.09. The van der Waals surface area contributed by atoms with E-state index >= 15 is 0 Å². The second-order valence-electron chi connectivity index (χ2n) is 5.84. The summed E-state index contributed by atoms with van der Waals surface area (Å²) < 4.78 is 0. The molecule has 1 aromatic carbocycles. The summed E-state index contributed by atoms with van der Waals surface area (Å²) >= 11 is 1.32. The van der Waals surface area contributed by atoms with Gasteiger partial charge in [0.25, 0.3) is 5.91 Å². The number of nitrogens with one attached hydrogen (secondary N) is 1. The largest absolute Gasteiger partial charge is 0.296 e. The van der Waals surface area contributed by atoms with Gasteiger partial charge in [0.2, 0.25) is 5.13 Å². The summed E-state index contributed by atoms with van der Waals surface area (Å²) in [5.41, 5.74) is 6.54. The van der Waals surface area contributed by atoms with E-state index in [1.807, 2.05) is 25.1 Å². The Labute approximate surface area is 137 Å². The topological polar surface area (TPSA) is 67.8 Å². The number of pyridine rings is 1. The number of aryl methyl sites for hydroxylation is 2. The summed E-state index contributed by atoms with van der Waals surface area (Å²) in [7, 11) is 0. The standard InChI is InChI=1S/C17H16N4OS/c1-10-6-7-14-12(8-10)15(11-4-2-3-5-13(11)19-14)16(22)20-17-21-18-9-23-17/h6-9H,2-5H2,1H3,(H,20,21,22). The molecule has 0 atom stereocenters. The maximum absolute atomic E-state index is 12.9. The number of anilines is 1. The van der Waals surface area contributed by atoms with Crippen LogP contribution in [0.5, 0.6) is 0 Å². The van der Waals surface area contributed by atoms with E-state index in [2.05, 4.69) is 15.5 Å². The number of carbonyl (C=O) groups excluding carboxylic acids is 1. The number of amides is 1. The van der Waals surface area contributed by atoms with Crippen molar-refractivity contribution in [2.24, 2.45) is 0 Å². The average Bonchev–Trinajstić information content (AvgIpc) is 3.05. The fourth-order valence-electron chi connectivity index (χ4n) is 3.18.